The molecule has 0 spiro atoms. The summed E-state index contributed by atoms with van der Waals surface area (Å²) in [5, 5.41) is 2.90. The zero-order valence-electron chi connectivity index (χ0n) is 10.9. The number of carbonyl (C=O) groups is 1. The minimum atomic E-state index is -0.408. The second-order valence-corrected chi connectivity index (χ2v) is 4.56. The lowest BCUT2D eigenvalue weighted by Gasteiger charge is -2.13. The Labute approximate surface area is 103 Å². The first-order valence-corrected chi connectivity index (χ1v) is 6.18. The second kappa shape index (κ2) is 6.40. The topological polar surface area (TPSA) is 55.1 Å². The van der Waals surface area contributed by atoms with Gasteiger partial charge in [-0.2, -0.15) is 0 Å². The van der Waals surface area contributed by atoms with Gasteiger partial charge in [0.25, 0.3) is 0 Å². The van der Waals surface area contributed by atoms with Crippen molar-refractivity contribution in [1.29, 1.82) is 0 Å². The van der Waals surface area contributed by atoms with Gasteiger partial charge in [0.2, 0.25) is 5.91 Å². The van der Waals surface area contributed by atoms with Crippen molar-refractivity contribution in [2.24, 2.45) is 5.73 Å². The van der Waals surface area contributed by atoms with Crippen molar-refractivity contribution < 1.29 is 4.79 Å². The molecule has 0 bridgehead atoms. The molecule has 0 fully saturated rings. The molecule has 1 aromatic rings. The molecule has 17 heavy (non-hydrogen) atoms. The van der Waals surface area contributed by atoms with Gasteiger partial charge in [-0.05, 0) is 37.5 Å². The fourth-order valence-corrected chi connectivity index (χ4v) is 1.65. The molecule has 3 heteroatoms. The molecule has 0 saturated heterocycles. The van der Waals surface area contributed by atoms with Crippen LogP contribution in [0.15, 0.2) is 18.2 Å². The number of hydrogen-bond acceptors (Lipinski definition) is 2. The van der Waals surface area contributed by atoms with E-state index in [1.807, 2.05) is 32.0 Å². The van der Waals surface area contributed by atoms with Crippen LogP contribution in [0.25, 0.3) is 0 Å². The summed E-state index contributed by atoms with van der Waals surface area (Å²) in [6.07, 6.45) is 2.79. The minimum absolute atomic E-state index is 0.0906. The van der Waals surface area contributed by atoms with Crippen molar-refractivity contribution in [1.82, 2.24) is 0 Å². The largest absolute Gasteiger partial charge is 0.324 e. The number of carbonyl (C=O) groups excluding carboxylic acids is 1. The fourth-order valence-electron chi connectivity index (χ4n) is 1.65. The van der Waals surface area contributed by atoms with Gasteiger partial charge in [0, 0.05) is 5.69 Å². The second-order valence-electron chi connectivity index (χ2n) is 4.56. The Morgan fingerprint density at radius 1 is 1.41 bits per heavy atom. The molecule has 0 radical (unpaired) electrons. The highest BCUT2D eigenvalue weighted by Crippen LogP contribution is 2.16. The molecule has 0 unspecified atom stereocenters. The SMILES string of the molecule is CCCC[C@H](N)C(=O)Nc1cc(C)ccc1C. The normalized spacial score (nSPS) is 12.2. The number of hydrogen-bond donors (Lipinski definition) is 2. The van der Waals surface area contributed by atoms with E-state index in [4.69, 9.17) is 5.73 Å². The third-order valence-electron chi connectivity index (χ3n) is 2.86. The number of benzene rings is 1. The molecule has 0 aliphatic rings. The first-order valence-electron chi connectivity index (χ1n) is 6.18. The molecule has 0 saturated carbocycles. The van der Waals surface area contributed by atoms with Crippen LogP contribution in [0, 0.1) is 13.8 Å². The average Bonchev–Trinajstić information content (AvgIpc) is 2.30. The number of nitrogens with one attached hydrogen (secondary N) is 1. The van der Waals surface area contributed by atoms with Crippen LogP contribution in [0.4, 0.5) is 5.69 Å². The van der Waals surface area contributed by atoms with Crippen LogP contribution in [0.5, 0.6) is 0 Å². The summed E-state index contributed by atoms with van der Waals surface area (Å²) >= 11 is 0. The summed E-state index contributed by atoms with van der Waals surface area (Å²) < 4.78 is 0. The van der Waals surface area contributed by atoms with Crippen LogP contribution in [-0.4, -0.2) is 11.9 Å². The quantitative estimate of drug-likeness (QED) is 0.823. The van der Waals surface area contributed by atoms with E-state index in [1.165, 1.54) is 0 Å². The molecule has 3 nitrogen and oxygen atoms in total. The number of aryl methyl sites for hydroxylation is 2. The number of amides is 1. The number of anilines is 1. The predicted octanol–water partition coefficient (Wildman–Crippen LogP) is 2.76. The van der Waals surface area contributed by atoms with Crippen molar-refractivity contribution in [3.05, 3.63) is 29.3 Å². The molecule has 0 aliphatic heterocycles. The van der Waals surface area contributed by atoms with Crippen LogP contribution in [0.2, 0.25) is 0 Å². The Morgan fingerprint density at radius 3 is 2.76 bits per heavy atom. The van der Waals surface area contributed by atoms with Gasteiger partial charge in [-0.1, -0.05) is 31.9 Å². The van der Waals surface area contributed by atoms with Crippen molar-refractivity contribution in [2.45, 2.75) is 46.1 Å². The van der Waals surface area contributed by atoms with Crippen LogP contribution >= 0.6 is 0 Å². The van der Waals surface area contributed by atoms with Crippen LogP contribution in [0.1, 0.15) is 37.3 Å². The molecule has 0 aromatic heterocycles. The average molecular weight is 234 g/mol. The molecule has 94 valence electrons. The molecule has 0 heterocycles. The molecule has 1 amide bonds. The first kappa shape index (κ1) is 13.7. The summed E-state index contributed by atoms with van der Waals surface area (Å²) in [4.78, 5) is 11.8. The summed E-state index contributed by atoms with van der Waals surface area (Å²) in [5.41, 5.74) is 8.88. The lowest BCUT2D eigenvalue weighted by molar-refractivity contribution is -0.117. The van der Waals surface area contributed by atoms with Gasteiger partial charge in [0.1, 0.15) is 0 Å². The lowest BCUT2D eigenvalue weighted by Crippen LogP contribution is -2.35. The maximum absolute atomic E-state index is 11.8. The van der Waals surface area contributed by atoms with Gasteiger partial charge >= 0.3 is 0 Å². The highest BCUT2D eigenvalue weighted by Gasteiger charge is 2.13. The monoisotopic (exact) mass is 234 g/mol. The number of rotatable bonds is 5. The van der Waals surface area contributed by atoms with Crippen molar-refractivity contribution >= 4 is 11.6 Å². The zero-order valence-corrected chi connectivity index (χ0v) is 10.9. The third-order valence-corrected chi connectivity index (χ3v) is 2.86. The van der Waals surface area contributed by atoms with Crippen molar-refractivity contribution in [2.75, 3.05) is 5.32 Å². The smallest absolute Gasteiger partial charge is 0.241 e. The Balaban J connectivity index is 2.64. The fraction of sp³-hybridized carbons (Fsp3) is 0.500. The van der Waals surface area contributed by atoms with Gasteiger partial charge in [0.05, 0.1) is 6.04 Å². The van der Waals surface area contributed by atoms with E-state index in [0.717, 1.165) is 36.1 Å². The Morgan fingerprint density at radius 2 is 2.12 bits per heavy atom. The van der Waals surface area contributed by atoms with Gasteiger partial charge < -0.3 is 11.1 Å². The van der Waals surface area contributed by atoms with Gasteiger partial charge in [-0.3, -0.25) is 4.79 Å². The molecule has 3 N–H and O–H groups in total. The summed E-state index contributed by atoms with van der Waals surface area (Å²) in [7, 11) is 0. The van der Waals surface area contributed by atoms with Crippen molar-refractivity contribution in [3.63, 3.8) is 0 Å². The molecular weight excluding hydrogens is 212 g/mol. The van der Waals surface area contributed by atoms with Gasteiger partial charge in [-0.25, -0.2) is 0 Å². The molecule has 1 atom stereocenters. The highest BCUT2D eigenvalue weighted by molar-refractivity contribution is 5.95. The Hall–Kier alpha value is -1.35. The van der Waals surface area contributed by atoms with E-state index in [-0.39, 0.29) is 5.91 Å². The minimum Gasteiger partial charge on any atom is -0.324 e. The molecule has 1 rings (SSSR count). The zero-order chi connectivity index (χ0) is 12.8. The Bertz CT molecular complexity index is 388. The van der Waals surface area contributed by atoms with E-state index < -0.39 is 6.04 Å². The number of unbranched alkanes of at least 4 members (excludes halogenated alkanes) is 1. The third kappa shape index (κ3) is 4.19. The maximum atomic E-state index is 11.8. The lowest BCUT2D eigenvalue weighted by atomic mass is 10.1. The van der Waals surface area contributed by atoms with Crippen LogP contribution in [-0.2, 0) is 4.79 Å². The number of nitrogens with two attached hydrogens (primary N) is 1. The van der Waals surface area contributed by atoms with E-state index in [0.29, 0.717) is 0 Å². The molecule has 0 aliphatic carbocycles. The van der Waals surface area contributed by atoms with Gasteiger partial charge in [-0.15, -0.1) is 0 Å². The standard InChI is InChI=1S/C14H22N2O/c1-4-5-6-12(15)14(17)16-13-9-10(2)7-8-11(13)3/h7-9,12H,4-6,15H2,1-3H3,(H,16,17)/t12-/m0/s1. The molecular formula is C14H22N2O. The summed E-state index contributed by atoms with van der Waals surface area (Å²) in [6, 6.07) is 5.60. The van der Waals surface area contributed by atoms with Gasteiger partial charge in [0.15, 0.2) is 0 Å². The van der Waals surface area contributed by atoms with E-state index in [1.54, 1.807) is 0 Å². The Kier molecular flexibility index (Phi) is 5.16. The summed E-state index contributed by atoms with van der Waals surface area (Å²) in [6.45, 7) is 6.08. The first-order chi connectivity index (χ1) is 8.04. The maximum Gasteiger partial charge on any atom is 0.241 e. The summed E-state index contributed by atoms with van der Waals surface area (Å²) in [5.74, 6) is -0.0906. The van der Waals surface area contributed by atoms with Crippen LogP contribution < -0.4 is 11.1 Å². The predicted molar refractivity (Wildman–Crippen MR) is 72.0 cm³/mol. The van der Waals surface area contributed by atoms with E-state index in [9.17, 15) is 4.79 Å². The highest BCUT2D eigenvalue weighted by atomic mass is 16.2. The van der Waals surface area contributed by atoms with E-state index >= 15 is 0 Å². The van der Waals surface area contributed by atoms with Crippen LogP contribution in [0.3, 0.4) is 0 Å². The molecule has 1 aromatic carbocycles. The van der Waals surface area contributed by atoms with Crippen molar-refractivity contribution in [3.8, 4) is 0 Å². The van der Waals surface area contributed by atoms with E-state index in [2.05, 4.69) is 12.2 Å².